The molecule has 4 aromatic rings. The first-order chi connectivity index (χ1) is 34.1. The second-order valence-electron chi connectivity index (χ2n) is 20.2. The van der Waals surface area contributed by atoms with Gasteiger partial charge in [-0.05, 0) is 53.9 Å². The quantitative estimate of drug-likeness (QED) is 0.0529. The van der Waals surface area contributed by atoms with Gasteiger partial charge in [-0.3, -0.25) is 33.8 Å². The van der Waals surface area contributed by atoms with Crippen LogP contribution in [-0.4, -0.2) is 152 Å². The molecule has 0 aliphatic carbocycles. The Balaban J connectivity index is 0.725. The van der Waals surface area contributed by atoms with E-state index in [2.05, 4.69) is 69.5 Å². The summed E-state index contributed by atoms with van der Waals surface area (Å²) >= 11 is 1.57. The molecule has 0 unspecified atom stereocenters. The molecule has 2 aromatic carbocycles. The van der Waals surface area contributed by atoms with Gasteiger partial charge in [0.15, 0.2) is 0 Å². The lowest BCUT2D eigenvalue weighted by Gasteiger charge is -2.39. The van der Waals surface area contributed by atoms with E-state index in [0.717, 1.165) is 67.1 Å². The Labute approximate surface area is 420 Å². The topological polar surface area (TPSA) is 234 Å². The molecule has 0 spiro atoms. The molecule has 2 aromatic heterocycles. The highest BCUT2D eigenvalue weighted by atomic mass is 32.1. The number of hydrogen-bond acceptors (Lipinski definition) is 14. The average molecular weight is 994 g/mol. The van der Waals surface area contributed by atoms with Crippen molar-refractivity contribution in [2.75, 3.05) is 57.7 Å². The number of rotatable bonds is 23. The largest absolute Gasteiger partial charge is 0.391 e. The van der Waals surface area contributed by atoms with Gasteiger partial charge in [0.05, 0.1) is 34.3 Å². The Hall–Kier alpha value is -5.86. The molecule has 71 heavy (non-hydrogen) atoms. The van der Waals surface area contributed by atoms with Gasteiger partial charge in [0.25, 0.3) is 5.91 Å². The maximum Gasteiger partial charge on any atom is 0.270 e. The molecule has 2 saturated heterocycles. The summed E-state index contributed by atoms with van der Waals surface area (Å²) in [6.45, 7) is 12.8. The van der Waals surface area contributed by atoms with Crippen molar-refractivity contribution in [3.8, 4) is 10.4 Å². The predicted octanol–water partition coefficient (Wildman–Crippen LogP) is 3.42. The number of nitrogens with zero attached hydrogens (tertiary/aromatic N) is 6. The molecule has 382 valence electrons. The monoisotopic (exact) mass is 994 g/mol. The number of fused-ring (bicyclic) bond motifs is 1. The van der Waals surface area contributed by atoms with Crippen molar-refractivity contribution < 1.29 is 34.2 Å². The van der Waals surface area contributed by atoms with E-state index in [-0.39, 0.29) is 67.8 Å². The highest BCUT2D eigenvalue weighted by molar-refractivity contribution is 7.13. The van der Waals surface area contributed by atoms with E-state index in [1.807, 2.05) is 63.5 Å². The summed E-state index contributed by atoms with van der Waals surface area (Å²) in [5.41, 5.74) is 6.93. The number of nitrogens with one attached hydrogen (secondary N) is 5. The first-order valence-electron chi connectivity index (χ1n) is 25.0. The Morgan fingerprint density at radius 2 is 1.59 bits per heavy atom. The molecular weight excluding hydrogens is 923 g/mol. The molecule has 18 nitrogen and oxygen atoms in total. The number of unbranched alkanes of at least 4 members (excludes halogenated alkanes) is 3. The fraction of sp³-hybridized carbons (Fsp3) is 0.538. The number of β-amino-alcohol motifs (C(OH)–C–C–N with tert-alkyl or cyclic N) is 2. The first-order valence-corrected chi connectivity index (χ1v) is 25.9. The molecule has 5 heterocycles. The van der Waals surface area contributed by atoms with Crippen molar-refractivity contribution >= 4 is 46.7 Å². The van der Waals surface area contributed by atoms with Gasteiger partial charge >= 0.3 is 0 Å². The number of benzene rings is 2. The molecule has 0 saturated carbocycles. The second-order valence-corrected chi connectivity index (χ2v) is 21.1. The molecule has 19 heteroatoms. The number of anilines is 1. The zero-order valence-electron chi connectivity index (χ0n) is 41.5. The summed E-state index contributed by atoms with van der Waals surface area (Å²) in [6, 6.07) is 16.2. The van der Waals surface area contributed by atoms with Crippen molar-refractivity contribution in [2.45, 2.75) is 122 Å². The van der Waals surface area contributed by atoms with E-state index in [4.69, 9.17) is 0 Å². The zero-order valence-corrected chi connectivity index (χ0v) is 42.3. The highest BCUT2D eigenvalue weighted by Gasteiger charge is 2.44. The molecular formula is C52H71N11O7S. The maximum absolute atomic E-state index is 14.0. The molecule has 2 fully saturated rings. The van der Waals surface area contributed by atoms with Crippen molar-refractivity contribution in [3.63, 3.8) is 0 Å². The lowest BCUT2D eigenvalue weighted by Crippen LogP contribution is -2.57. The molecule has 5 amide bonds. The summed E-state index contributed by atoms with van der Waals surface area (Å²) < 4.78 is 0. The van der Waals surface area contributed by atoms with E-state index < -0.39 is 35.6 Å². The smallest absolute Gasteiger partial charge is 0.270 e. The van der Waals surface area contributed by atoms with Gasteiger partial charge in [-0.2, -0.15) is 0 Å². The van der Waals surface area contributed by atoms with Crippen LogP contribution >= 0.6 is 11.3 Å². The summed E-state index contributed by atoms with van der Waals surface area (Å²) in [4.78, 5) is 85.7. The molecule has 4 atom stereocenters. The van der Waals surface area contributed by atoms with Crippen LogP contribution in [0.4, 0.5) is 5.82 Å². The van der Waals surface area contributed by atoms with Gasteiger partial charge in [0.2, 0.25) is 23.6 Å². The number of aliphatic hydroxyl groups excluding tert-OH is 2. The number of carbonyl (C=O) groups is 5. The van der Waals surface area contributed by atoms with Crippen LogP contribution in [0.3, 0.4) is 0 Å². The Morgan fingerprint density at radius 1 is 0.859 bits per heavy atom. The standard InChI is InChI=1S/C52H71N11O7S/c1-34-47(71-33-58-34)37-17-15-35(16-18-37)25-54-50(69)43-23-40(64)31-63(43)51(70)48(52(2,3)4)60-46(67)14-8-6-5-7-13-45(66)53-20-22-62-28-39(29-62)59-44-24-42(56-32-57-44)49(68)55-26-41(65)30-61-21-19-36-11-9-10-12-38(36)27-61/h9-12,15-18,24,32-33,39-41,43,48,64-65H,5-8,13-14,19-23,25-31H2,1-4H3,(H,53,66)(H,54,69)(H,55,68)(H,60,67)(H,56,57,59)/t40-,41+,43+,48-/m1/s1. The third-order valence-electron chi connectivity index (χ3n) is 13.4. The Bertz CT molecular complexity index is 2440. The molecule has 7 rings (SSSR count). The molecule has 3 aliphatic heterocycles. The number of aliphatic hydroxyl groups is 2. The van der Waals surface area contributed by atoms with E-state index >= 15 is 0 Å². The van der Waals surface area contributed by atoms with Gasteiger partial charge < -0.3 is 41.7 Å². The molecule has 3 aliphatic rings. The van der Waals surface area contributed by atoms with E-state index in [1.54, 1.807) is 17.4 Å². The van der Waals surface area contributed by atoms with Crippen LogP contribution in [0.1, 0.15) is 98.6 Å². The maximum atomic E-state index is 14.0. The van der Waals surface area contributed by atoms with E-state index in [1.165, 1.54) is 22.4 Å². The number of hydrogen-bond donors (Lipinski definition) is 7. The van der Waals surface area contributed by atoms with E-state index in [0.29, 0.717) is 44.7 Å². The van der Waals surface area contributed by atoms with Crippen LogP contribution in [0.2, 0.25) is 0 Å². The third kappa shape index (κ3) is 15.3. The van der Waals surface area contributed by atoms with E-state index in [9.17, 15) is 34.2 Å². The number of amides is 5. The van der Waals surface area contributed by atoms with Gasteiger partial charge in [-0.25, -0.2) is 15.0 Å². The number of aromatic nitrogens is 3. The van der Waals surface area contributed by atoms with Crippen LogP contribution in [0.5, 0.6) is 0 Å². The van der Waals surface area contributed by atoms with Crippen LogP contribution in [-0.2, 0) is 38.7 Å². The van der Waals surface area contributed by atoms with Gasteiger partial charge in [-0.15, -0.1) is 11.3 Å². The summed E-state index contributed by atoms with van der Waals surface area (Å²) in [5.74, 6) is -0.849. The second kappa shape index (κ2) is 25.0. The van der Waals surface area contributed by atoms with Crippen molar-refractivity contribution in [2.24, 2.45) is 5.41 Å². The van der Waals surface area contributed by atoms with Gasteiger partial charge in [0, 0.05) is 90.8 Å². The fourth-order valence-electron chi connectivity index (χ4n) is 9.37. The van der Waals surface area contributed by atoms with Crippen molar-refractivity contribution in [1.29, 1.82) is 0 Å². The minimum Gasteiger partial charge on any atom is -0.391 e. The normalized spacial score (nSPS) is 18.2. The lowest BCUT2D eigenvalue weighted by atomic mass is 9.85. The summed E-state index contributed by atoms with van der Waals surface area (Å²) in [7, 11) is 0. The predicted molar refractivity (Wildman–Crippen MR) is 272 cm³/mol. The van der Waals surface area contributed by atoms with Crippen LogP contribution in [0.15, 0.2) is 66.4 Å². The molecule has 0 bridgehead atoms. The van der Waals surface area contributed by atoms with Crippen LogP contribution < -0.4 is 26.6 Å². The average Bonchev–Trinajstić information content (AvgIpc) is 3.96. The lowest BCUT2D eigenvalue weighted by molar-refractivity contribution is -0.144. The summed E-state index contributed by atoms with van der Waals surface area (Å²) in [5, 5.41) is 36.2. The van der Waals surface area contributed by atoms with Gasteiger partial charge in [0.1, 0.15) is 29.9 Å². The number of thiazole rings is 1. The van der Waals surface area contributed by atoms with Gasteiger partial charge in [-0.1, -0.05) is 82.1 Å². The van der Waals surface area contributed by atoms with Crippen LogP contribution in [0, 0.1) is 12.3 Å². The SMILES string of the molecule is Cc1ncsc1-c1ccc(CNC(=O)[C@@H]2C[C@@H](O)CN2C(=O)[C@@H](NC(=O)CCCCCCC(=O)NCCN2CC(Nc3cc(C(=O)NC[C@H](O)CN4CCc5ccccc5C4)ncn3)C2)C(C)(C)C)cc1. The van der Waals surface area contributed by atoms with Crippen LogP contribution in [0.25, 0.3) is 10.4 Å². The Kier molecular flexibility index (Phi) is 18.6. The molecule has 0 radical (unpaired) electrons. The number of aryl methyl sites for hydroxylation is 1. The minimum atomic E-state index is -0.894. The highest BCUT2D eigenvalue weighted by Crippen LogP contribution is 2.29. The fourth-order valence-corrected chi connectivity index (χ4v) is 10.2. The number of likely N-dealkylation sites (tertiary alicyclic amines) is 2. The Morgan fingerprint density at radius 3 is 2.31 bits per heavy atom. The number of carbonyl (C=O) groups excluding carboxylic acids is 5. The first kappa shape index (κ1) is 53.0. The van der Waals surface area contributed by atoms with Crippen molar-refractivity contribution in [3.05, 3.63) is 94.5 Å². The minimum absolute atomic E-state index is 0.00643. The molecule has 7 N–H and O–H groups in total. The third-order valence-corrected chi connectivity index (χ3v) is 14.4. The van der Waals surface area contributed by atoms with Crippen molar-refractivity contribution in [1.82, 2.24) is 50.9 Å². The zero-order chi connectivity index (χ0) is 50.5. The summed E-state index contributed by atoms with van der Waals surface area (Å²) in [6.07, 6.45) is 4.29.